The summed E-state index contributed by atoms with van der Waals surface area (Å²) in [5.74, 6) is -0.103. The van der Waals surface area contributed by atoms with Gasteiger partial charge in [-0.1, -0.05) is 48.5 Å². The molecule has 26 heavy (non-hydrogen) atoms. The zero-order valence-electron chi connectivity index (χ0n) is 14.3. The molecule has 0 saturated carbocycles. The molecular formula is C20H19FN4O. The van der Waals surface area contributed by atoms with Crippen LogP contribution in [0, 0.1) is 5.82 Å². The third-order valence-corrected chi connectivity index (χ3v) is 3.96. The lowest BCUT2D eigenvalue weighted by Gasteiger charge is -2.13. The maximum Gasteiger partial charge on any atom is 0.272 e. The Morgan fingerprint density at radius 3 is 2.42 bits per heavy atom. The Kier molecular flexibility index (Phi) is 5.53. The van der Waals surface area contributed by atoms with Crippen LogP contribution in [0.3, 0.4) is 0 Å². The molecule has 3 rings (SSSR count). The van der Waals surface area contributed by atoms with Crippen molar-refractivity contribution in [3.05, 3.63) is 89.4 Å². The molecule has 0 spiro atoms. The summed E-state index contributed by atoms with van der Waals surface area (Å²) >= 11 is 0. The first kappa shape index (κ1) is 17.5. The van der Waals surface area contributed by atoms with Gasteiger partial charge in [-0.2, -0.15) is 0 Å². The van der Waals surface area contributed by atoms with Crippen molar-refractivity contribution in [2.24, 2.45) is 0 Å². The maximum atomic E-state index is 13.6. The lowest BCUT2D eigenvalue weighted by atomic mass is 10.1. The van der Waals surface area contributed by atoms with Crippen molar-refractivity contribution in [3.63, 3.8) is 0 Å². The molecule has 0 radical (unpaired) electrons. The third kappa shape index (κ3) is 4.42. The second kappa shape index (κ2) is 8.20. The van der Waals surface area contributed by atoms with Gasteiger partial charge in [-0.25, -0.2) is 4.39 Å². The quantitative estimate of drug-likeness (QED) is 0.711. The molecule has 1 amide bonds. The summed E-state index contributed by atoms with van der Waals surface area (Å²) in [4.78, 5) is 12.3. The monoisotopic (exact) mass is 350 g/mol. The van der Waals surface area contributed by atoms with Crippen LogP contribution in [0.25, 0.3) is 0 Å². The lowest BCUT2D eigenvalue weighted by molar-refractivity contribution is 0.0934. The zero-order valence-corrected chi connectivity index (χ0v) is 14.3. The summed E-state index contributed by atoms with van der Waals surface area (Å²) in [7, 11) is 0. The summed E-state index contributed by atoms with van der Waals surface area (Å²) in [6.07, 6.45) is 0. The number of carbonyl (C=O) groups is 1. The molecule has 1 heterocycles. The number of aromatic nitrogens is 2. The largest absolute Gasteiger partial charge is 0.364 e. The highest BCUT2D eigenvalue weighted by molar-refractivity contribution is 5.92. The van der Waals surface area contributed by atoms with Gasteiger partial charge in [-0.05, 0) is 30.7 Å². The number of nitrogens with one attached hydrogen (secondary N) is 2. The van der Waals surface area contributed by atoms with Crippen molar-refractivity contribution < 1.29 is 9.18 Å². The first-order valence-electron chi connectivity index (χ1n) is 8.30. The Hall–Kier alpha value is -3.28. The van der Waals surface area contributed by atoms with Gasteiger partial charge in [0.2, 0.25) is 0 Å². The van der Waals surface area contributed by atoms with Crippen molar-refractivity contribution >= 4 is 11.7 Å². The fourth-order valence-electron chi connectivity index (χ4n) is 2.47. The summed E-state index contributed by atoms with van der Waals surface area (Å²) in [5.41, 5.74) is 1.77. The molecule has 2 aromatic carbocycles. The van der Waals surface area contributed by atoms with E-state index in [9.17, 15) is 9.18 Å². The Labute approximate surface area is 151 Å². The van der Waals surface area contributed by atoms with Gasteiger partial charge < -0.3 is 10.6 Å². The maximum absolute atomic E-state index is 13.6. The van der Waals surface area contributed by atoms with E-state index in [1.165, 1.54) is 6.07 Å². The Morgan fingerprint density at radius 1 is 1.00 bits per heavy atom. The highest BCUT2D eigenvalue weighted by atomic mass is 19.1. The van der Waals surface area contributed by atoms with Crippen LogP contribution in [0.5, 0.6) is 0 Å². The zero-order chi connectivity index (χ0) is 18.4. The first-order valence-corrected chi connectivity index (χ1v) is 8.30. The van der Waals surface area contributed by atoms with Crippen molar-refractivity contribution in [1.29, 1.82) is 0 Å². The molecule has 5 nitrogen and oxygen atoms in total. The van der Waals surface area contributed by atoms with Gasteiger partial charge in [-0.15, -0.1) is 10.2 Å². The molecule has 0 aliphatic heterocycles. The molecule has 3 aromatic rings. The average molecular weight is 350 g/mol. The Bertz CT molecular complexity index is 868. The van der Waals surface area contributed by atoms with Crippen molar-refractivity contribution in [1.82, 2.24) is 15.5 Å². The van der Waals surface area contributed by atoms with Gasteiger partial charge >= 0.3 is 0 Å². The van der Waals surface area contributed by atoms with Gasteiger partial charge in [-0.3, -0.25) is 4.79 Å². The predicted molar refractivity (Wildman–Crippen MR) is 98.1 cm³/mol. The van der Waals surface area contributed by atoms with Gasteiger partial charge in [0.1, 0.15) is 11.6 Å². The highest BCUT2D eigenvalue weighted by Crippen LogP contribution is 2.13. The van der Waals surface area contributed by atoms with Crippen LogP contribution in [0.4, 0.5) is 10.2 Å². The number of rotatable bonds is 6. The summed E-state index contributed by atoms with van der Waals surface area (Å²) in [6.45, 7) is 2.20. The molecule has 6 heteroatoms. The molecule has 1 aromatic heterocycles. The van der Waals surface area contributed by atoms with Crippen LogP contribution < -0.4 is 10.6 Å². The van der Waals surface area contributed by atoms with E-state index < -0.39 is 0 Å². The summed E-state index contributed by atoms with van der Waals surface area (Å²) < 4.78 is 13.6. The molecule has 0 aliphatic carbocycles. The average Bonchev–Trinajstić information content (AvgIpc) is 2.68. The highest BCUT2D eigenvalue weighted by Gasteiger charge is 2.13. The second-order valence-corrected chi connectivity index (χ2v) is 5.85. The molecule has 1 atom stereocenters. The van der Waals surface area contributed by atoms with Crippen molar-refractivity contribution in [2.45, 2.75) is 19.5 Å². The van der Waals surface area contributed by atoms with Gasteiger partial charge in [0.15, 0.2) is 5.69 Å². The predicted octanol–water partition coefficient (Wildman–Crippen LogP) is 3.72. The van der Waals surface area contributed by atoms with Crippen molar-refractivity contribution in [3.8, 4) is 0 Å². The van der Waals surface area contributed by atoms with Crippen LogP contribution in [0.15, 0.2) is 66.7 Å². The Morgan fingerprint density at radius 2 is 1.73 bits per heavy atom. The van der Waals surface area contributed by atoms with E-state index in [0.29, 0.717) is 11.4 Å². The smallest absolute Gasteiger partial charge is 0.272 e. The fraction of sp³-hybridized carbons (Fsp3) is 0.150. The van der Waals surface area contributed by atoms with Crippen LogP contribution in [0.2, 0.25) is 0 Å². The van der Waals surface area contributed by atoms with Crippen LogP contribution in [-0.2, 0) is 6.54 Å². The third-order valence-electron chi connectivity index (χ3n) is 3.96. The van der Waals surface area contributed by atoms with E-state index in [4.69, 9.17) is 0 Å². The van der Waals surface area contributed by atoms with Gasteiger partial charge in [0.25, 0.3) is 5.91 Å². The number of anilines is 1. The molecule has 0 fully saturated rings. The summed E-state index contributed by atoms with van der Waals surface area (Å²) in [6, 6.07) is 19.3. The fourth-order valence-corrected chi connectivity index (χ4v) is 2.47. The molecule has 132 valence electrons. The number of hydrogen-bond acceptors (Lipinski definition) is 4. The van der Waals surface area contributed by atoms with E-state index in [1.54, 1.807) is 30.3 Å². The molecular weight excluding hydrogens is 331 g/mol. The van der Waals surface area contributed by atoms with Gasteiger partial charge in [0, 0.05) is 12.1 Å². The molecule has 0 aliphatic rings. The van der Waals surface area contributed by atoms with Crippen LogP contribution in [-0.4, -0.2) is 16.1 Å². The standard InChI is InChI=1S/C20H19FN4O/c1-14(15-7-3-2-4-8-15)23-20(26)18-11-12-19(25-24-18)22-13-16-9-5-6-10-17(16)21/h2-12,14H,13H2,1H3,(H,22,25)(H,23,26). The van der Waals surface area contributed by atoms with Crippen LogP contribution in [0.1, 0.15) is 34.6 Å². The molecule has 0 saturated heterocycles. The SMILES string of the molecule is CC(NC(=O)c1ccc(NCc2ccccc2F)nn1)c1ccccc1. The van der Waals surface area contributed by atoms with Gasteiger partial charge in [0.05, 0.1) is 6.04 Å². The molecule has 0 bridgehead atoms. The number of amides is 1. The van der Waals surface area contributed by atoms with E-state index in [1.807, 2.05) is 37.3 Å². The molecule has 1 unspecified atom stereocenters. The van der Waals surface area contributed by atoms with E-state index in [0.717, 1.165) is 5.56 Å². The lowest BCUT2D eigenvalue weighted by Crippen LogP contribution is -2.27. The molecule has 2 N–H and O–H groups in total. The number of hydrogen-bond donors (Lipinski definition) is 2. The normalized spacial score (nSPS) is 11.6. The van der Waals surface area contributed by atoms with Crippen molar-refractivity contribution in [2.75, 3.05) is 5.32 Å². The number of halogens is 1. The van der Waals surface area contributed by atoms with E-state index >= 15 is 0 Å². The minimum Gasteiger partial charge on any atom is -0.364 e. The topological polar surface area (TPSA) is 66.9 Å². The second-order valence-electron chi connectivity index (χ2n) is 5.85. The number of nitrogens with zero attached hydrogens (tertiary/aromatic N) is 2. The first-order chi connectivity index (χ1) is 12.6. The number of carbonyl (C=O) groups excluding carboxylic acids is 1. The van der Waals surface area contributed by atoms with E-state index in [-0.39, 0.29) is 30.0 Å². The summed E-state index contributed by atoms with van der Waals surface area (Å²) in [5, 5.41) is 13.8. The number of benzene rings is 2. The Balaban J connectivity index is 1.58. The minimum absolute atomic E-state index is 0.135. The minimum atomic E-state index is -0.297. The van der Waals surface area contributed by atoms with Crippen LogP contribution >= 0.6 is 0 Å². The van der Waals surface area contributed by atoms with E-state index in [2.05, 4.69) is 20.8 Å².